The van der Waals surface area contributed by atoms with Gasteiger partial charge in [-0.3, -0.25) is 4.79 Å². The van der Waals surface area contributed by atoms with Crippen molar-refractivity contribution >= 4 is 11.7 Å². The average molecular weight is 221 g/mol. The predicted octanol–water partition coefficient (Wildman–Crippen LogP) is 3.09. The van der Waals surface area contributed by atoms with Crippen LogP contribution < -0.4 is 5.32 Å². The Hall–Kier alpha value is -1.51. The van der Waals surface area contributed by atoms with Gasteiger partial charge in [-0.25, -0.2) is 0 Å². The molecule has 0 amide bonds. The van der Waals surface area contributed by atoms with Crippen LogP contribution >= 0.6 is 0 Å². The molecule has 16 heavy (non-hydrogen) atoms. The number of aliphatic carboxylic acids is 1. The van der Waals surface area contributed by atoms with E-state index in [9.17, 15) is 4.79 Å². The van der Waals surface area contributed by atoms with Crippen LogP contribution in [0.1, 0.15) is 38.2 Å². The molecule has 2 N–H and O–H groups in total. The fourth-order valence-electron chi connectivity index (χ4n) is 1.48. The maximum Gasteiger partial charge on any atom is 0.305 e. The van der Waals surface area contributed by atoms with Crippen molar-refractivity contribution in [3.63, 3.8) is 0 Å². The van der Waals surface area contributed by atoms with Crippen molar-refractivity contribution in [1.29, 1.82) is 0 Å². The Labute approximate surface area is 96.5 Å². The number of carbonyl (C=O) groups is 1. The van der Waals surface area contributed by atoms with E-state index >= 15 is 0 Å². The molecular weight excluding hydrogens is 202 g/mol. The molecule has 0 saturated heterocycles. The van der Waals surface area contributed by atoms with Crippen LogP contribution in [0.5, 0.6) is 0 Å². The number of benzene rings is 1. The van der Waals surface area contributed by atoms with Crippen LogP contribution in [-0.4, -0.2) is 17.6 Å². The fraction of sp³-hybridized carbons (Fsp3) is 0.462. The molecule has 1 aromatic rings. The Kier molecular flexibility index (Phi) is 4.83. The lowest BCUT2D eigenvalue weighted by molar-refractivity contribution is -0.136. The normalized spacial score (nSPS) is 12.1. The van der Waals surface area contributed by atoms with E-state index in [2.05, 4.69) is 31.3 Å². The molecule has 0 aromatic heterocycles. The summed E-state index contributed by atoms with van der Waals surface area (Å²) in [6.07, 6.45) is 1.28. The summed E-state index contributed by atoms with van der Waals surface area (Å²) in [5.41, 5.74) is 2.31. The Balaban J connectivity index is 2.48. The van der Waals surface area contributed by atoms with Crippen LogP contribution in [0.4, 0.5) is 5.69 Å². The molecule has 0 heterocycles. The second-order valence-corrected chi connectivity index (χ2v) is 4.00. The molecule has 1 unspecified atom stereocenters. The van der Waals surface area contributed by atoms with Crippen molar-refractivity contribution in [2.45, 2.75) is 32.6 Å². The topological polar surface area (TPSA) is 49.3 Å². The number of anilines is 1. The van der Waals surface area contributed by atoms with Gasteiger partial charge in [0.2, 0.25) is 0 Å². The average Bonchev–Trinajstić information content (AvgIpc) is 2.28. The molecule has 1 atom stereocenters. The smallest absolute Gasteiger partial charge is 0.305 e. The summed E-state index contributed by atoms with van der Waals surface area (Å²) in [5.74, 6) is -0.197. The third kappa shape index (κ3) is 3.93. The second kappa shape index (κ2) is 6.16. The van der Waals surface area contributed by atoms with E-state index in [1.54, 1.807) is 0 Å². The van der Waals surface area contributed by atoms with Crippen LogP contribution in [0.2, 0.25) is 0 Å². The summed E-state index contributed by atoms with van der Waals surface area (Å²) in [7, 11) is 0. The van der Waals surface area contributed by atoms with Gasteiger partial charge in [0.1, 0.15) is 0 Å². The zero-order valence-electron chi connectivity index (χ0n) is 9.86. The van der Waals surface area contributed by atoms with E-state index in [0.717, 1.165) is 12.1 Å². The molecule has 0 spiro atoms. The van der Waals surface area contributed by atoms with Gasteiger partial charge in [-0.2, -0.15) is 0 Å². The molecule has 3 heteroatoms. The van der Waals surface area contributed by atoms with Gasteiger partial charge in [0.25, 0.3) is 0 Å². The van der Waals surface area contributed by atoms with Crippen LogP contribution in [0, 0.1) is 0 Å². The Morgan fingerprint density at radius 1 is 1.38 bits per heavy atom. The first-order chi connectivity index (χ1) is 7.63. The largest absolute Gasteiger partial charge is 0.481 e. The van der Waals surface area contributed by atoms with Gasteiger partial charge in [-0.1, -0.05) is 26.0 Å². The van der Waals surface area contributed by atoms with Gasteiger partial charge in [0.05, 0.1) is 6.42 Å². The number of carboxylic acid groups (broad SMARTS) is 1. The number of carboxylic acids is 1. The maximum absolute atomic E-state index is 10.3. The van der Waals surface area contributed by atoms with Gasteiger partial charge >= 0.3 is 5.97 Å². The first-order valence-electron chi connectivity index (χ1n) is 5.69. The van der Waals surface area contributed by atoms with Gasteiger partial charge < -0.3 is 10.4 Å². The summed E-state index contributed by atoms with van der Waals surface area (Å²) in [6, 6.07) is 8.20. The lowest BCUT2D eigenvalue weighted by Crippen LogP contribution is -2.07. The predicted molar refractivity (Wildman–Crippen MR) is 65.9 cm³/mol. The molecular formula is C13H19NO2. The van der Waals surface area contributed by atoms with Crippen molar-refractivity contribution < 1.29 is 9.90 Å². The Morgan fingerprint density at radius 2 is 2.00 bits per heavy atom. The summed E-state index contributed by atoms with van der Waals surface area (Å²) in [4.78, 5) is 10.3. The van der Waals surface area contributed by atoms with E-state index in [1.807, 2.05) is 12.1 Å². The number of hydrogen-bond donors (Lipinski definition) is 2. The highest BCUT2D eigenvalue weighted by molar-refractivity contribution is 5.67. The molecule has 88 valence electrons. The van der Waals surface area contributed by atoms with Crippen LogP contribution in [0.15, 0.2) is 24.3 Å². The highest BCUT2D eigenvalue weighted by Gasteiger charge is 2.02. The number of nitrogens with one attached hydrogen (secondary N) is 1. The van der Waals surface area contributed by atoms with Crippen molar-refractivity contribution in [3.05, 3.63) is 29.8 Å². The van der Waals surface area contributed by atoms with Crippen molar-refractivity contribution in [2.75, 3.05) is 11.9 Å². The zero-order valence-corrected chi connectivity index (χ0v) is 9.86. The first kappa shape index (κ1) is 12.6. The quantitative estimate of drug-likeness (QED) is 0.776. The van der Waals surface area contributed by atoms with Crippen LogP contribution in [0.25, 0.3) is 0 Å². The number of hydrogen-bond acceptors (Lipinski definition) is 2. The molecule has 0 aliphatic heterocycles. The lowest BCUT2D eigenvalue weighted by Gasteiger charge is -2.10. The SMILES string of the molecule is CCC(C)c1ccc(NCCC(=O)O)cc1. The minimum absolute atomic E-state index is 0.146. The molecule has 1 aromatic carbocycles. The van der Waals surface area contributed by atoms with E-state index in [0.29, 0.717) is 12.5 Å². The van der Waals surface area contributed by atoms with E-state index in [1.165, 1.54) is 5.56 Å². The maximum atomic E-state index is 10.3. The van der Waals surface area contributed by atoms with E-state index in [4.69, 9.17) is 5.11 Å². The third-order valence-electron chi connectivity index (χ3n) is 2.76. The van der Waals surface area contributed by atoms with Crippen LogP contribution in [-0.2, 0) is 4.79 Å². The standard InChI is InChI=1S/C13H19NO2/c1-3-10(2)11-4-6-12(7-5-11)14-9-8-13(15)16/h4-7,10,14H,3,8-9H2,1-2H3,(H,15,16). The zero-order chi connectivity index (χ0) is 12.0. The van der Waals surface area contributed by atoms with Crippen molar-refractivity contribution in [1.82, 2.24) is 0 Å². The molecule has 0 saturated carbocycles. The summed E-state index contributed by atoms with van der Waals surface area (Å²) in [5, 5.41) is 11.6. The minimum Gasteiger partial charge on any atom is -0.481 e. The molecule has 0 fully saturated rings. The molecule has 1 rings (SSSR count). The lowest BCUT2D eigenvalue weighted by atomic mass is 9.99. The third-order valence-corrected chi connectivity index (χ3v) is 2.76. The molecule has 3 nitrogen and oxygen atoms in total. The van der Waals surface area contributed by atoms with E-state index < -0.39 is 5.97 Å². The Morgan fingerprint density at radius 3 is 2.50 bits per heavy atom. The summed E-state index contributed by atoms with van der Waals surface area (Å²) < 4.78 is 0. The summed E-state index contributed by atoms with van der Waals surface area (Å²) >= 11 is 0. The second-order valence-electron chi connectivity index (χ2n) is 4.00. The summed E-state index contributed by atoms with van der Waals surface area (Å²) in [6.45, 7) is 4.84. The molecule has 0 aliphatic carbocycles. The number of rotatable bonds is 6. The van der Waals surface area contributed by atoms with Crippen molar-refractivity contribution in [2.24, 2.45) is 0 Å². The highest BCUT2D eigenvalue weighted by atomic mass is 16.4. The van der Waals surface area contributed by atoms with Gasteiger partial charge in [-0.05, 0) is 30.0 Å². The Bertz CT molecular complexity index is 332. The van der Waals surface area contributed by atoms with Gasteiger partial charge in [-0.15, -0.1) is 0 Å². The minimum atomic E-state index is -0.774. The highest BCUT2D eigenvalue weighted by Crippen LogP contribution is 2.20. The molecule has 0 radical (unpaired) electrons. The van der Waals surface area contributed by atoms with Crippen molar-refractivity contribution in [3.8, 4) is 0 Å². The first-order valence-corrected chi connectivity index (χ1v) is 5.69. The fourth-order valence-corrected chi connectivity index (χ4v) is 1.48. The molecule has 0 bridgehead atoms. The van der Waals surface area contributed by atoms with E-state index in [-0.39, 0.29) is 6.42 Å². The monoisotopic (exact) mass is 221 g/mol. The van der Waals surface area contributed by atoms with Crippen LogP contribution in [0.3, 0.4) is 0 Å². The van der Waals surface area contributed by atoms with Gasteiger partial charge in [0.15, 0.2) is 0 Å². The van der Waals surface area contributed by atoms with Gasteiger partial charge in [0, 0.05) is 12.2 Å². The molecule has 0 aliphatic rings.